The molecule has 2 N–H and O–H groups in total. The fraction of sp³-hybridized carbons (Fsp3) is 0.556. The lowest BCUT2D eigenvalue weighted by molar-refractivity contribution is -0.120. The van der Waals surface area contributed by atoms with E-state index in [4.69, 9.17) is 9.47 Å². The van der Waals surface area contributed by atoms with Crippen LogP contribution in [0.1, 0.15) is 25.8 Å². The fourth-order valence-corrected chi connectivity index (χ4v) is 2.35. The van der Waals surface area contributed by atoms with Gasteiger partial charge in [0.05, 0.1) is 20.8 Å². The molecule has 0 aliphatic heterocycles. The van der Waals surface area contributed by atoms with Gasteiger partial charge >= 0.3 is 6.03 Å². The number of para-hydroxylation sites is 1. The van der Waals surface area contributed by atoms with Crippen LogP contribution in [0.3, 0.4) is 0 Å². The first-order valence-electron chi connectivity index (χ1n) is 8.33. The maximum atomic E-state index is 12.0. The Kier molecular flexibility index (Phi) is 8.77. The topological polar surface area (TPSA) is 79.9 Å². The Balaban J connectivity index is 2.50. The number of methoxy groups -OCH3 is 2. The van der Waals surface area contributed by atoms with Gasteiger partial charge in [-0.2, -0.15) is 0 Å². The summed E-state index contributed by atoms with van der Waals surface area (Å²) in [5.74, 6) is 1.43. The number of carbonyl (C=O) groups excluding carboxylic acids is 2. The average Bonchev–Trinajstić information content (AvgIpc) is 2.53. The molecule has 7 nitrogen and oxygen atoms in total. The first-order chi connectivity index (χ1) is 11.9. The third-order valence-electron chi connectivity index (χ3n) is 3.60. The molecule has 0 spiro atoms. The second kappa shape index (κ2) is 10.6. The standard InChI is InChI=1S/C18H29N3O4/c1-13(2)9-10-19-18(23)20-16(22)12-21(3)11-14-7-6-8-15(24-4)17(14)25-5/h6-8,13H,9-12H2,1-5H3,(H2,19,20,22,23). The van der Waals surface area contributed by atoms with Gasteiger partial charge in [-0.25, -0.2) is 4.79 Å². The molecule has 1 aromatic carbocycles. The van der Waals surface area contributed by atoms with Crippen LogP contribution in [-0.2, 0) is 11.3 Å². The van der Waals surface area contributed by atoms with E-state index < -0.39 is 6.03 Å². The van der Waals surface area contributed by atoms with Gasteiger partial charge in [0, 0.05) is 18.7 Å². The van der Waals surface area contributed by atoms with E-state index in [1.165, 1.54) is 0 Å². The average molecular weight is 351 g/mol. The Labute approximate surface area is 149 Å². The van der Waals surface area contributed by atoms with Gasteiger partial charge in [-0.05, 0) is 25.5 Å². The number of nitrogens with zero attached hydrogens (tertiary/aromatic N) is 1. The second-order valence-corrected chi connectivity index (χ2v) is 6.31. The summed E-state index contributed by atoms with van der Waals surface area (Å²) >= 11 is 0. The van der Waals surface area contributed by atoms with E-state index in [-0.39, 0.29) is 12.5 Å². The second-order valence-electron chi connectivity index (χ2n) is 6.31. The number of hydrogen-bond acceptors (Lipinski definition) is 5. The molecule has 0 fully saturated rings. The SMILES string of the molecule is COc1cccc(CN(C)CC(=O)NC(=O)NCCC(C)C)c1OC. The Bertz CT molecular complexity index is 575. The largest absolute Gasteiger partial charge is 0.493 e. The highest BCUT2D eigenvalue weighted by atomic mass is 16.5. The highest BCUT2D eigenvalue weighted by molar-refractivity contribution is 5.95. The number of imide groups is 1. The van der Waals surface area contributed by atoms with Gasteiger partial charge in [-0.3, -0.25) is 15.0 Å². The Hall–Kier alpha value is -2.28. The summed E-state index contributed by atoms with van der Waals surface area (Å²) in [5, 5.41) is 5.01. The Morgan fingerprint density at radius 1 is 1.20 bits per heavy atom. The lowest BCUT2D eigenvalue weighted by Gasteiger charge is -2.19. The van der Waals surface area contributed by atoms with Crippen molar-refractivity contribution in [1.82, 2.24) is 15.5 Å². The van der Waals surface area contributed by atoms with Gasteiger partial charge in [0.15, 0.2) is 11.5 Å². The van der Waals surface area contributed by atoms with E-state index in [9.17, 15) is 9.59 Å². The molecule has 0 bridgehead atoms. The van der Waals surface area contributed by atoms with Crippen LogP contribution in [0.25, 0.3) is 0 Å². The van der Waals surface area contributed by atoms with Crippen molar-refractivity contribution < 1.29 is 19.1 Å². The zero-order chi connectivity index (χ0) is 18.8. The fourth-order valence-electron chi connectivity index (χ4n) is 2.35. The molecule has 0 aliphatic carbocycles. The first-order valence-corrected chi connectivity index (χ1v) is 8.33. The number of urea groups is 1. The minimum Gasteiger partial charge on any atom is -0.493 e. The summed E-state index contributed by atoms with van der Waals surface area (Å²) in [4.78, 5) is 25.4. The van der Waals surface area contributed by atoms with Gasteiger partial charge in [0.1, 0.15) is 0 Å². The molecule has 3 amide bonds. The molecular formula is C18H29N3O4. The van der Waals surface area contributed by atoms with Crippen LogP contribution in [0.2, 0.25) is 0 Å². The van der Waals surface area contributed by atoms with Crippen molar-refractivity contribution in [1.29, 1.82) is 0 Å². The predicted molar refractivity (Wildman–Crippen MR) is 96.9 cm³/mol. The highest BCUT2D eigenvalue weighted by Crippen LogP contribution is 2.31. The van der Waals surface area contributed by atoms with Crippen molar-refractivity contribution >= 4 is 11.9 Å². The van der Waals surface area contributed by atoms with E-state index >= 15 is 0 Å². The summed E-state index contributed by atoms with van der Waals surface area (Å²) in [6, 6.07) is 5.13. The lowest BCUT2D eigenvalue weighted by atomic mass is 10.1. The van der Waals surface area contributed by atoms with Crippen molar-refractivity contribution in [2.24, 2.45) is 5.92 Å². The van der Waals surface area contributed by atoms with Crippen molar-refractivity contribution in [3.63, 3.8) is 0 Å². The number of benzene rings is 1. The van der Waals surface area contributed by atoms with Gasteiger partial charge in [0.2, 0.25) is 5.91 Å². The maximum Gasteiger partial charge on any atom is 0.321 e. The molecule has 0 unspecified atom stereocenters. The van der Waals surface area contributed by atoms with Crippen molar-refractivity contribution in [2.75, 3.05) is 34.4 Å². The molecule has 0 saturated heterocycles. The molecule has 7 heteroatoms. The van der Waals surface area contributed by atoms with Crippen LogP contribution in [0, 0.1) is 5.92 Å². The number of nitrogens with one attached hydrogen (secondary N) is 2. The van der Waals surface area contributed by atoms with Crippen molar-refractivity contribution in [3.05, 3.63) is 23.8 Å². The van der Waals surface area contributed by atoms with Gasteiger partial charge < -0.3 is 14.8 Å². The summed E-state index contributed by atoms with van der Waals surface area (Å²) < 4.78 is 10.7. The monoisotopic (exact) mass is 351 g/mol. The van der Waals surface area contributed by atoms with Crippen LogP contribution in [0.15, 0.2) is 18.2 Å². The van der Waals surface area contributed by atoms with E-state index in [1.54, 1.807) is 26.2 Å². The summed E-state index contributed by atoms with van der Waals surface area (Å²) in [5.41, 5.74) is 0.901. The Morgan fingerprint density at radius 3 is 2.52 bits per heavy atom. The minimum atomic E-state index is -0.460. The number of carbonyl (C=O) groups is 2. The summed E-state index contributed by atoms with van der Waals surface area (Å²) in [6.45, 7) is 5.29. The molecule has 0 saturated carbocycles. The number of rotatable bonds is 9. The van der Waals surface area contributed by atoms with Crippen LogP contribution in [0.5, 0.6) is 11.5 Å². The molecule has 0 atom stereocenters. The zero-order valence-corrected chi connectivity index (χ0v) is 15.7. The van der Waals surface area contributed by atoms with Crippen LogP contribution in [0.4, 0.5) is 4.79 Å². The number of hydrogen-bond donors (Lipinski definition) is 2. The lowest BCUT2D eigenvalue weighted by Crippen LogP contribution is -2.44. The molecule has 0 aliphatic rings. The molecule has 0 radical (unpaired) electrons. The molecule has 25 heavy (non-hydrogen) atoms. The minimum absolute atomic E-state index is 0.0952. The quantitative estimate of drug-likeness (QED) is 0.711. The highest BCUT2D eigenvalue weighted by Gasteiger charge is 2.14. The smallest absolute Gasteiger partial charge is 0.321 e. The normalized spacial score (nSPS) is 10.7. The summed E-state index contributed by atoms with van der Waals surface area (Å²) in [7, 11) is 4.96. The third kappa shape index (κ3) is 7.43. The molecular weight excluding hydrogens is 322 g/mol. The molecule has 1 aromatic rings. The van der Waals surface area contributed by atoms with E-state index in [0.717, 1.165) is 12.0 Å². The van der Waals surface area contributed by atoms with E-state index in [1.807, 2.05) is 18.2 Å². The molecule has 140 valence electrons. The zero-order valence-electron chi connectivity index (χ0n) is 15.7. The van der Waals surface area contributed by atoms with Crippen molar-refractivity contribution in [3.8, 4) is 11.5 Å². The summed E-state index contributed by atoms with van der Waals surface area (Å²) in [6.07, 6.45) is 0.872. The molecule has 1 rings (SSSR count). The van der Waals surface area contributed by atoms with Crippen LogP contribution < -0.4 is 20.1 Å². The predicted octanol–water partition coefficient (Wildman–Crippen LogP) is 2.01. The first kappa shape index (κ1) is 20.8. The van der Waals surface area contributed by atoms with Gasteiger partial charge in [-0.1, -0.05) is 26.0 Å². The molecule has 0 heterocycles. The van der Waals surface area contributed by atoms with E-state index in [2.05, 4.69) is 24.5 Å². The number of amides is 3. The van der Waals surface area contributed by atoms with Crippen molar-refractivity contribution in [2.45, 2.75) is 26.8 Å². The third-order valence-corrected chi connectivity index (χ3v) is 3.60. The van der Waals surface area contributed by atoms with Crippen LogP contribution >= 0.6 is 0 Å². The van der Waals surface area contributed by atoms with Gasteiger partial charge in [0.25, 0.3) is 0 Å². The molecule has 0 aromatic heterocycles. The Morgan fingerprint density at radius 2 is 1.92 bits per heavy atom. The maximum absolute atomic E-state index is 12.0. The van der Waals surface area contributed by atoms with Gasteiger partial charge in [-0.15, -0.1) is 0 Å². The van der Waals surface area contributed by atoms with E-state index in [0.29, 0.717) is 30.5 Å². The number of likely N-dealkylation sites (N-methyl/N-ethyl adjacent to an activating group) is 1. The van der Waals surface area contributed by atoms with Crippen LogP contribution in [-0.4, -0.2) is 51.2 Å². The number of ether oxygens (including phenoxy) is 2.